The summed E-state index contributed by atoms with van der Waals surface area (Å²) in [6.45, 7) is 3.86. The van der Waals surface area contributed by atoms with Crippen LogP contribution in [0.15, 0.2) is 24.9 Å². The molecule has 114 valence electrons. The van der Waals surface area contributed by atoms with Crippen LogP contribution in [0.2, 0.25) is 0 Å². The van der Waals surface area contributed by atoms with Gasteiger partial charge in [-0.05, 0) is 26.7 Å². The molecule has 2 aromatic rings. The molecule has 2 heterocycles. The lowest BCUT2D eigenvalue weighted by atomic mass is 10.1. The second kappa shape index (κ2) is 5.67. The van der Waals surface area contributed by atoms with Gasteiger partial charge in [-0.1, -0.05) is 0 Å². The molecule has 1 saturated carbocycles. The molecule has 7 nitrogen and oxygen atoms in total. The van der Waals surface area contributed by atoms with Crippen LogP contribution in [0.3, 0.4) is 0 Å². The molecule has 0 radical (unpaired) electrons. The van der Waals surface area contributed by atoms with Gasteiger partial charge in [0.05, 0.1) is 23.4 Å². The number of aryl methyl sites for hydroxylation is 1. The minimum Gasteiger partial charge on any atom is -0.462 e. The lowest BCUT2D eigenvalue weighted by molar-refractivity contribution is 0.0524. The molecule has 0 saturated heterocycles. The van der Waals surface area contributed by atoms with Gasteiger partial charge in [-0.25, -0.2) is 24.7 Å². The topological polar surface area (TPSA) is 89.9 Å². The van der Waals surface area contributed by atoms with E-state index in [9.17, 15) is 4.79 Å². The van der Waals surface area contributed by atoms with Gasteiger partial charge in [0, 0.05) is 24.2 Å². The predicted octanol–water partition coefficient (Wildman–Crippen LogP) is 1.85. The molecule has 1 aliphatic carbocycles. The summed E-state index contributed by atoms with van der Waals surface area (Å²) in [5, 5.41) is 3.33. The number of carbonyl (C=O) groups is 1. The monoisotopic (exact) mass is 299 g/mol. The molecule has 0 bridgehead atoms. The molecular formula is C15H17N5O2. The number of hydrogen-bond donors (Lipinski definition) is 1. The zero-order valence-electron chi connectivity index (χ0n) is 12.5. The third kappa shape index (κ3) is 2.74. The van der Waals surface area contributed by atoms with Crippen molar-refractivity contribution in [1.29, 1.82) is 0 Å². The Morgan fingerprint density at radius 1 is 1.32 bits per heavy atom. The van der Waals surface area contributed by atoms with Crippen LogP contribution in [0.5, 0.6) is 0 Å². The highest BCUT2D eigenvalue weighted by atomic mass is 16.5. The Morgan fingerprint density at radius 2 is 2.05 bits per heavy atom. The Bertz CT molecular complexity index is 686. The van der Waals surface area contributed by atoms with Crippen LogP contribution < -0.4 is 5.32 Å². The van der Waals surface area contributed by atoms with Crippen LogP contribution in [0.4, 0.5) is 5.95 Å². The molecular weight excluding hydrogens is 282 g/mol. The summed E-state index contributed by atoms with van der Waals surface area (Å²) in [5.41, 5.74) is 1.81. The molecule has 0 aliphatic heterocycles. The Morgan fingerprint density at radius 3 is 2.64 bits per heavy atom. The highest BCUT2D eigenvalue weighted by Crippen LogP contribution is 2.47. The maximum atomic E-state index is 11.8. The largest absolute Gasteiger partial charge is 0.462 e. The molecule has 0 spiro atoms. The summed E-state index contributed by atoms with van der Waals surface area (Å²) in [6.07, 6.45) is 8.55. The van der Waals surface area contributed by atoms with E-state index in [2.05, 4.69) is 25.3 Å². The van der Waals surface area contributed by atoms with Crippen LogP contribution in [-0.4, -0.2) is 32.5 Å². The number of rotatable bonds is 5. The summed E-state index contributed by atoms with van der Waals surface area (Å²) in [4.78, 5) is 28.5. The van der Waals surface area contributed by atoms with E-state index < -0.39 is 5.97 Å². The number of carbonyl (C=O) groups excluding carboxylic acids is 1. The maximum absolute atomic E-state index is 11.8. The summed E-state index contributed by atoms with van der Waals surface area (Å²) in [7, 11) is 0. The highest BCUT2D eigenvalue weighted by molar-refractivity contribution is 5.90. The lowest BCUT2D eigenvalue weighted by Crippen LogP contribution is -2.21. The van der Waals surface area contributed by atoms with Crippen LogP contribution in [0, 0.1) is 6.92 Å². The number of aromatic nitrogens is 4. The fraction of sp³-hybridized carbons (Fsp3) is 0.400. The Kier molecular flexibility index (Phi) is 3.70. The summed E-state index contributed by atoms with van der Waals surface area (Å²) >= 11 is 0. The molecule has 2 aromatic heterocycles. The zero-order chi connectivity index (χ0) is 15.6. The molecule has 0 unspecified atom stereocenters. The van der Waals surface area contributed by atoms with Crippen molar-refractivity contribution in [3.05, 3.63) is 41.7 Å². The zero-order valence-corrected chi connectivity index (χ0v) is 12.5. The molecule has 1 aliphatic rings. The van der Waals surface area contributed by atoms with E-state index in [0.717, 1.165) is 18.4 Å². The predicted molar refractivity (Wildman–Crippen MR) is 79.3 cm³/mol. The quantitative estimate of drug-likeness (QED) is 0.842. The van der Waals surface area contributed by atoms with Crippen molar-refractivity contribution in [1.82, 2.24) is 19.9 Å². The van der Waals surface area contributed by atoms with E-state index in [1.807, 2.05) is 0 Å². The van der Waals surface area contributed by atoms with E-state index in [1.165, 1.54) is 12.5 Å². The number of anilines is 1. The Hall–Kier alpha value is -2.57. The molecule has 0 amide bonds. The van der Waals surface area contributed by atoms with Gasteiger partial charge in [0.1, 0.15) is 6.33 Å². The van der Waals surface area contributed by atoms with Crippen LogP contribution in [-0.2, 0) is 10.3 Å². The fourth-order valence-corrected chi connectivity index (χ4v) is 2.31. The normalized spacial score (nSPS) is 15.2. The van der Waals surface area contributed by atoms with E-state index in [4.69, 9.17) is 4.74 Å². The number of esters is 1. The van der Waals surface area contributed by atoms with Gasteiger partial charge < -0.3 is 10.1 Å². The van der Waals surface area contributed by atoms with Crippen molar-refractivity contribution in [2.75, 3.05) is 11.9 Å². The van der Waals surface area contributed by atoms with E-state index in [1.54, 1.807) is 26.2 Å². The van der Waals surface area contributed by atoms with Gasteiger partial charge in [0.2, 0.25) is 5.95 Å². The van der Waals surface area contributed by atoms with Gasteiger partial charge in [-0.2, -0.15) is 0 Å². The maximum Gasteiger partial charge on any atom is 0.341 e. The highest BCUT2D eigenvalue weighted by Gasteiger charge is 2.45. The SMILES string of the molecule is CCOC(=O)c1cnc(NC2(c3cncnc3)CC2)nc1C. The first kappa shape index (κ1) is 14.4. The number of nitrogens with zero attached hydrogens (tertiary/aromatic N) is 4. The molecule has 0 atom stereocenters. The first-order valence-corrected chi connectivity index (χ1v) is 7.19. The fourth-order valence-electron chi connectivity index (χ4n) is 2.31. The van der Waals surface area contributed by atoms with Crippen molar-refractivity contribution >= 4 is 11.9 Å². The summed E-state index contributed by atoms with van der Waals surface area (Å²) in [5.74, 6) is 0.0936. The van der Waals surface area contributed by atoms with Gasteiger partial charge in [0.15, 0.2) is 0 Å². The van der Waals surface area contributed by atoms with Gasteiger partial charge in [0.25, 0.3) is 0 Å². The third-order valence-electron chi connectivity index (χ3n) is 3.69. The van der Waals surface area contributed by atoms with Gasteiger partial charge in [-0.3, -0.25) is 0 Å². The first-order valence-electron chi connectivity index (χ1n) is 7.19. The van der Waals surface area contributed by atoms with Crippen LogP contribution in [0.25, 0.3) is 0 Å². The number of ether oxygens (including phenoxy) is 1. The van der Waals surface area contributed by atoms with Crippen LogP contribution >= 0.6 is 0 Å². The van der Waals surface area contributed by atoms with Crippen LogP contribution in [0.1, 0.15) is 41.4 Å². The molecule has 7 heteroatoms. The second-order valence-electron chi connectivity index (χ2n) is 5.25. The van der Waals surface area contributed by atoms with E-state index in [-0.39, 0.29) is 5.54 Å². The smallest absolute Gasteiger partial charge is 0.341 e. The Labute approximate surface area is 128 Å². The summed E-state index contributed by atoms with van der Waals surface area (Å²) < 4.78 is 4.98. The molecule has 3 rings (SSSR count). The molecule has 1 fully saturated rings. The average Bonchev–Trinajstić information content (AvgIpc) is 3.29. The second-order valence-corrected chi connectivity index (χ2v) is 5.25. The van der Waals surface area contributed by atoms with Crippen molar-refractivity contribution in [2.45, 2.75) is 32.2 Å². The van der Waals surface area contributed by atoms with E-state index in [0.29, 0.717) is 23.8 Å². The average molecular weight is 299 g/mol. The molecule has 22 heavy (non-hydrogen) atoms. The van der Waals surface area contributed by atoms with E-state index >= 15 is 0 Å². The minimum absolute atomic E-state index is 0.195. The van der Waals surface area contributed by atoms with Gasteiger partial charge in [-0.15, -0.1) is 0 Å². The van der Waals surface area contributed by atoms with Crippen molar-refractivity contribution in [3.63, 3.8) is 0 Å². The van der Waals surface area contributed by atoms with Crippen molar-refractivity contribution < 1.29 is 9.53 Å². The molecule has 0 aromatic carbocycles. The first-order chi connectivity index (χ1) is 10.6. The Balaban J connectivity index is 1.79. The molecule has 1 N–H and O–H groups in total. The van der Waals surface area contributed by atoms with Gasteiger partial charge >= 0.3 is 5.97 Å². The number of nitrogens with one attached hydrogen (secondary N) is 1. The minimum atomic E-state index is -0.399. The number of hydrogen-bond acceptors (Lipinski definition) is 7. The lowest BCUT2D eigenvalue weighted by Gasteiger charge is -2.17. The van der Waals surface area contributed by atoms with Crippen molar-refractivity contribution in [3.8, 4) is 0 Å². The standard InChI is InChI=1S/C15H17N5O2/c1-3-22-13(21)12-8-18-14(19-10(12)2)20-15(4-5-15)11-6-16-9-17-7-11/h6-9H,3-5H2,1-2H3,(H,18,19,20). The van der Waals surface area contributed by atoms with Crippen molar-refractivity contribution in [2.24, 2.45) is 0 Å². The third-order valence-corrected chi connectivity index (χ3v) is 3.69. The summed E-state index contributed by atoms with van der Waals surface area (Å²) in [6, 6.07) is 0.